The fourth-order valence-electron chi connectivity index (χ4n) is 2.84. The third-order valence-corrected chi connectivity index (χ3v) is 5.53. The van der Waals surface area contributed by atoms with Gasteiger partial charge in [0.2, 0.25) is 5.91 Å². The highest BCUT2D eigenvalue weighted by Crippen LogP contribution is 2.30. The van der Waals surface area contributed by atoms with E-state index in [1.165, 1.54) is 11.3 Å². The molecule has 0 saturated heterocycles. The van der Waals surface area contributed by atoms with Crippen LogP contribution in [-0.4, -0.2) is 29.4 Å². The lowest BCUT2D eigenvalue weighted by molar-refractivity contribution is -0.119. The Labute approximate surface area is 183 Å². The maximum atomic E-state index is 12.2. The molecule has 1 heterocycles. The average Bonchev–Trinajstić information content (AvgIpc) is 3.53. The molecule has 158 valence electrons. The van der Waals surface area contributed by atoms with Crippen LogP contribution >= 0.6 is 11.3 Å². The Morgan fingerprint density at radius 3 is 2.42 bits per heavy atom. The lowest BCUT2D eigenvalue weighted by Gasteiger charge is -2.07. The van der Waals surface area contributed by atoms with Crippen molar-refractivity contribution in [1.29, 1.82) is 0 Å². The van der Waals surface area contributed by atoms with Gasteiger partial charge in [-0.05, 0) is 44.0 Å². The Morgan fingerprint density at radius 2 is 1.74 bits per heavy atom. The van der Waals surface area contributed by atoms with Crippen LogP contribution in [0.2, 0.25) is 0 Å². The van der Waals surface area contributed by atoms with Crippen LogP contribution < -0.4 is 10.6 Å². The van der Waals surface area contributed by atoms with Crippen molar-refractivity contribution in [3.63, 3.8) is 0 Å². The summed E-state index contributed by atoms with van der Waals surface area (Å²) in [5, 5.41) is 7.74. The maximum Gasteiger partial charge on any atom is 0.338 e. The minimum atomic E-state index is -0.616. The largest absolute Gasteiger partial charge is 0.452 e. The Kier molecular flexibility index (Phi) is 6.08. The van der Waals surface area contributed by atoms with E-state index in [1.807, 2.05) is 36.6 Å². The van der Waals surface area contributed by atoms with E-state index in [0.29, 0.717) is 16.4 Å². The second-order valence-electron chi connectivity index (χ2n) is 7.37. The van der Waals surface area contributed by atoms with Crippen LogP contribution in [0.25, 0.3) is 11.3 Å². The number of esters is 1. The maximum absolute atomic E-state index is 12.2. The number of nitrogens with one attached hydrogen (secondary N) is 2. The van der Waals surface area contributed by atoms with Gasteiger partial charge in [-0.2, -0.15) is 0 Å². The number of anilines is 2. The molecule has 0 spiro atoms. The first-order valence-corrected chi connectivity index (χ1v) is 10.8. The molecule has 2 N–H and O–H groups in total. The number of aryl methyl sites for hydroxylation is 1. The minimum absolute atomic E-state index is 0.000259. The summed E-state index contributed by atoms with van der Waals surface area (Å²) in [6.07, 6.45) is 1.85. The van der Waals surface area contributed by atoms with Crippen molar-refractivity contribution in [2.24, 2.45) is 5.92 Å². The average molecular weight is 436 g/mol. The van der Waals surface area contributed by atoms with Gasteiger partial charge in [0, 0.05) is 22.5 Å². The first-order chi connectivity index (χ1) is 15.0. The van der Waals surface area contributed by atoms with E-state index < -0.39 is 18.5 Å². The van der Waals surface area contributed by atoms with Crippen molar-refractivity contribution in [3.05, 3.63) is 65.0 Å². The van der Waals surface area contributed by atoms with Crippen LogP contribution in [-0.2, 0) is 14.3 Å². The smallest absolute Gasteiger partial charge is 0.338 e. The Morgan fingerprint density at radius 1 is 1.03 bits per heavy atom. The zero-order valence-corrected chi connectivity index (χ0v) is 17.7. The molecule has 0 unspecified atom stereocenters. The van der Waals surface area contributed by atoms with E-state index in [-0.39, 0.29) is 11.8 Å². The summed E-state index contributed by atoms with van der Waals surface area (Å²) < 4.78 is 5.07. The summed E-state index contributed by atoms with van der Waals surface area (Å²) in [5.41, 5.74) is 3.82. The molecule has 0 atom stereocenters. The highest BCUT2D eigenvalue weighted by molar-refractivity contribution is 7.14. The molecule has 0 aliphatic heterocycles. The number of rotatable bonds is 7. The van der Waals surface area contributed by atoms with E-state index >= 15 is 0 Å². The fourth-order valence-corrected chi connectivity index (χ4v) is 3.57. The van der Waals surface area contributed by atoms with Gasteiger partial charge in [-0.25, -0.2) is 9.78 Å². The summed E-state index contributed by atoms with van der Waals surface area (Å²) in [6.45, 7) is 1.59. The van der Waals surface area contributed by atoms with Crippen molar-refractivity contribution in [3.8, 4) is 11.3 Å². The monoisotopic (exact) mass is 435 g/mol. The molecule has 3 aromatic rings. The van der Waals surface area contributed by atoms with E-state index in [4.69, 9.17) is 4.74 Å². The number of hydrogen-bond donors (Lipinski definition) is 2. The standard InChI is InChI=1S/C23H21N3O4S/c1-14-2-4-15(5-3-14)19-13-31-23(25-19)26-20(27)12-30-22(29)17-8-10-18(11-9-17)24-21(28)16-6-7-16/h2-5,8-11,13,16H,6-7,12H2,1H3,(H,24,28)(H,25,26,27). The number of carbonyl (C=O) groups excluding carboxylic acids is 3. The summed E-state index contributed by atoms with van der Waals surface area (Å²) >= 11 is 1.30. The van der Waals surface area contributed by atoms with Crippen molar-refractivity contribution in [2.45, 2.75) is 19.8 Å². The molecule has 1 aliphatic carbocycles. The van der Waals surface area contributed by atoms with Gasteiger partial charge >= 0.3 is 5.97 Å². The molecule has 8 heteroatoms. The number of hydrogen-bond acceptors (Lipinski definition) is 6. The number of thiazole rings is 1. The Hall–Kier alpha value is -3.52. The number of benzene rings is 2. The highest BCUT2D eigenvalue weighted by atomic mass is 32.1. The molecule has 1 aliphatic rings. The molecule has 1 fully saturated rings. The molecule has 1 aromatic heterocycles. The topological polar surface area (TPSA) is 97.4 Å². The molecule has 31 heavy (non-hydrogen) atoms. The van der Waals surface area contributed by atoms with Crippen LogP contribution in [0, 0.1) is 12.8 Å². The third-order valence-electron chi connectivity index (χ3n) is 4.77. The Bertz CT molecular complexity index is 1100. The molecular weight excluding hydrogens is 414 g/mol. The van der Waals surface area contributed by atoms with Gasteiger partial charge in [-0.1, -0.05) is 29.8 Å². The molecule has 2 amide bonds. The Balaban J connectivity index is 1.26. The number of aromatic nitrogens is 1. The van der Waals surface area contributed by atoms with Crippen LogP contribution in [0.4, 0.5) is 10.8 Å². The SMILES string of the molecule is Cc1ccc(-c2csc(NC(=O)COC(=O)c3ccc(NC(=O)C4CC4)cc3)n2)cc1. The quantitative estimate of drug-likeness (QED) is 0.541. The van der Waals surface area contributed by atoms with E-state index in [9.17, 15) is 14.4 Å². The molecule has 2 aromatic carbocycles. The predicted octanol–water partition coefficient (Wildman–Crippen LogP) is 4.26. The first kappa shape index (κ1) is 20.7. The van der Waals surface area contributed by atoms with Crippen molar-refractivity contribution in [2.75, 3.05) is 17.2 Å². The number of nitrogens with zero attached hydrogens (tertiary/aromatic N) is 1. The lowest BCUT2D eigenvalue weighted by Crippen LogP contribution is -2.21. The van der Waals surface area contributed by atoms with Crippen LogP contribution in [0.1, 0.15) is 28.8 Å². The van der Waals surface area contributed by atoms with Gasteiger partial charge in [0.05, 0.1) is 11.3 Å². The highest BCUT2D eigenvalue weighted by Gasteiger charge is 2.29. The van der Waals surface area contributed by atoms with Gasteiger partial charge < -0.3 is 10.1 Å². The first-order valence-electron chi connectivity index (χ1n) is 9.88. The van der Waals surface area contributed by atoms with Crippen LogP contribution in [0.3, 0.4) is 0 Å². The summed E-state index contributed by atoms with van der Waals surface area (Å²) in [6, 6.07) is 14.3. The van der Waals surface area contributed by atoms with Gasteiger partial charge in [0.1, 0.15) is 0 Å². The molecule has 0 bridgehead atoms. The summed E-state index contributed by atoms with van der Waals surface area (Å²) in [7, 11) is 0. The number of ether oxygens (including phenoxy) is 1. The van der Waals surface area contributed by atoms with Gasteiger partial charge in [0.15, 0.2) is 11.7 Å². The predicted molar refractivity (Wildman–Crippen MR) is 119 cm³/mol. The third kappa shape index (κ3) is 5.55. The lowest BCUT2D eigenvalue weighted by atomic mass is 10.1. The van der Waals surface area contributed by atoms with Gasteiger partial charge in [0.25, 0.3) is 5.91 Å². The van der Waals surface area contributed by atoms with Crippen LogP contribution in [0.15, 0.2) is 53.9 Å². The molecule has 1 saturated carbocycles. The van der Waals surface area contributed by atoms with Crippen molar-refractivity contribution < 1.29 is 19.1 Å². The second kappa shape index (κ2) is 9.09. The van der Waals surface area contributed by atoms with Gasteiger partial charge in [-0.15, -0.1) is 11.3 Å². The van der Waals surface area contributed by atoms with E-state index in [2.05, 4.69) is 15.6 Å². The minimum Gasteiger partial charge on any atom is -0.452 e. The van der Waals surface area contributed by atoms with Gasteiger partial charge in [-0.3, -0.25) is 14.9 Å². The summed E-state index contributed by atoms with van der Waals surface area (Å²) in [5.74, 6) is -0.977. The summed E-state index contributed by atoms with van der Waals surface area (Å²) in [4.78, 5) is 40.4. The van der Waals surface area contributed by atoms with E-state index in [0.717, 1.165) is 29.7 Å². The molecule has 7 nitrogen and oxygen atoms in total. The van der Waals surface area contributed by atoms with Crippen molar-refractivity contribution >= 4 is 39.9 Å². The second-order valence-corrected chi connectivity index (χ2v) is 8.23. The zero-order valence-electron chi connectivity index (χ0n) is 16.9. The van der Waals surface area contributed by atoms with Crippen LogP contribution in [0.5, 0.6) is 0 Å². The van der Waals surface area contributed by atoms with E-state index in [1.54, 1.807) is 24.3 Å². The zero-order chi connectivity index (χ0) is 21.8. The fraction of sp³-hybridized carbons (Fsp3) is 0.217. The molecule has 0 radical (unpaired) electrons. The molecule has 4 rings (SSSR count). The number of carbonyl (C=O) groups is 3. The number of amides is 2. The normalized spacial score (nSPS) is 12.8. The molecular formula is C23H21N3O4S. The van der Waals surface area contributed by atoms with Crippen molar-refractivity contribution in [1.82, 2.24) is 4.98 Å².